The van der Waals surface area contributed by atoms with Crippen molar-refractivity contribution in [3.05, 3.63) is 29.3 Å². The van der Waals surface area contributed by atoms with Crippen LogP contribution in [0.25, 0.3) is 0 Å². The number of ether oxygens (including phenoxy) is 1. The fourth-order valence-electron chi connectivity index (χ4n) is 1.52. The number of alkyl halides is 2. The molecule has 0 amide bonds. The highest BCUT2D eigenvalue weighted by molar-refractivity contribution is 7.90. The highest BCUT2D eigenvalue weighted by atomic mass is 32.2. The molecule has 0 bridgehead atoms. The van der Waals surface area contributed by atoms with Crippen LogP contribution in [0.3, 0.4) is 0 Å². The number of hydrogen-bond donors (Lipinski definition) is 1. The molecule has 22 heavy (non-hydrogen) atoms. The third-order valence-electron chi connectivity index (χ3n) is 2.71. The Morgan fingerprint density at radius 3 is 2.14 bits per heavy atom. The quantitative estimate of drug-likeness (QED) is 0.633. The first kappa shape index (κ1) is 19.1. The first-order chi connectivity index (χ1) is 10.0. The molecular weight excluding hydrogens is 322 g/mol. The van der Waals surface area contributed by atoms with Crippen molar-refractivity contribution in [1.82, 2.24) is 4.72 Å². The fourth-order valence-corrected chi connectivity index (χ4v) is 2.33. The van der Waals surface area contributed by atoms with E-state index in [9.17, 15) is 22.1 Å². The van der Waals surface area contributed by atoms with Gasteiger partial charge in [-0.3, -0.25) is 0 Å². The van der Waals surface area contributed by atoms with E-state index in [2.05, 4.69) is 9.46 Å². The van der Waals surface area contributed by atoms with Crippen molar-refractivity contribution in [3.8, 4) is 5.75 Å². The third-order valence-corrected chi connectivity index (χ3v) is 4.39. The molecule has 0 aliphatic carbocycles. The molecule has 126 valence electrons. The molecule has 1 aromatic rings. The highest BCUT2D eigenvalue weighted by Crippen LogP contribution is 2.27. The third kappa shape index (κ3) is 5.33. The first-order valence-corrected chi connectivity index (χ1v) is 7.75. The first-order valence-electron chi connectivity index (χ1n) is 6.60. The Morgan fingerprint density at radius 1 is 1.23 bits per heavy atom. The van der Waals surface area contributed by atoms with E-state index in [1.807, 2.05) is 0 Å². The maximum Gasteiger partial charge on any atom is 0.272 e. The Hall–Kier alpha value is -0.990. The standard InChI is InChI=1S/C14H19F4NO2S/c1-8(19-22(20)14(2,3)4)9-5-10(15)13(11(16)6-9)21-7-12(17)18/h5-6,8,12,19H,7H2,1-4H3. The van der Waals surface area contributed by atoms with Gasteiger partial charge in [0.1, 0.15) is 11.4 Å². The van der Waals surface area contributed by atoms with Gasteiger partial charge in [0.25, 0.3) is 6.43 Å². The molecule has 0 radical (unpaired) electrons. The highest BCUT2D eigenvalue weighted by Gasteiger charge is 2.29. The van der Waals surface area contributed by atoms with E-state index in [4.69, 9.17) is 0 Å². The second kappa shape index (κ2) is 7.52. The van der Waals surface area contributed by atoms with Gasteiger partial charge in [0.15, 0.2) is 17.4 Å². The van der Waals surface area contributed by atoms with Crippen LogP contribution >= 0.6 is 0 Å². The summed E-state index contributed by atoms with van der Waals surface area (Å²) in [6.07, 6.45) is -2.83. The van der Waals surface area contributed by atoms with Crippen LogP contribution < -0.4 is 9.46 Å². The van der Waals surface area contributed by atoms with Gasteiger partial charge in [-0.05, 0) is 45.4 Å². The molecular formula is C14H19F4NO2S. The normalized spacial score (nSPS) is 15.0. The van der Waals surface area contributed by atoms with Gasteiger partial charge in [0, 0.05) is 11.4 Å². The minimum Gasteiger partial charge on any atom is -0.598 e. The van der Waals surface area contributed by atoms with Crippen LogP contribution in [0.1, 0.15) is 39.3 Å². The van der Waals surface area contributed by atoms with Gasteiger partial charge in [-0.15, -0.1) is 4.72 Å². The summed E-state index contributed by atoms with van der Waals surface area (Å²) in [5, 5.41) is 0. The maximum absolute atomic E-state index is 13.8. The maximum atomic E-state index is 13.8. The Bertz CT molecular complexity index is 485. The predicted octanol–water partition coefficient (Wildman–Crippen LogP) is 3.72. The van der Waals surface area contributed by atoms with Crippen molar-refractivity contribution in [2.45, 2.75) is 44.9 Å². The van der Waals surface area contributed by atoms with Gasteiger partial charge in [-0.1, -0.05) is 0 Å². The van der Waals surface area contributed by atoms with Gasteiger partial charge < -0.3 is 9.29 Å². The molecule has 1 aromatic carbocycles. The number of nitrogens with one attached hydrogen (secondary N) is 1. The molecule has 2 unspecified atom stereocenters. The lowest BCUT2D eigenvalue weighted by Crippen LogP contribution is -2.40. The summed E-state index contributed by atoms with van der Waals surface area (Å²) in [6.45, 7) is 5.77. The number of rotatable bonds is 6. The molecule has 1 N–H and O–H groups in total. The van der Waals surface area contributed by atoms with Gasteiger partial charge >= 0.3 is 0 Å². The van der Waals surface area contributed by atoms with Crippen molar-refractivity contribution < 1.29 is 26.9 Å². The second-order valence-corrected chi connectivity index (χ2v) is 7.73. The minimum atomic E-state index is -2.83. The zero-order valence-corrected chi connectivity index (χ0v) is 13.6. The second-order valence-electron chi connectivity index (χ2n) is 5.74. The number of benzene rings is 1. The summed E-state index contributed by atoms with van der Waals surface area (Å²) in [4.78, 5) is 0. The zero-order chi connectivity index (χ0) is 17.1. The average Bonchev–Trinajstić information content (AvgIpc) is 2.35. The van der Waals surface area contributed by atoms with Crippen molar-refractivity contribution in [3.63, 3.8) is 0 Å². The molecule has 0 fully saturated rings. The summed E-state index contributed by atoms with van der Waals surface area (Å²) in [7, 11) is 0. The van der Waals surface area contributed by atoms with Crippen LogP contribution in [0, 0.1) is 11.6 Å². The summed E-state index contributed by atoms with van der Waals surface area (Å²) < 4.78 is 70.2. The largest absolute Gasteiger partial charge is 0.598 e. The molecule has 0 aromatic heterocycles. The molecule has 1 rings (SSSR count). The average molecular weight is 341 g/mol. The van der Waals surface area contributed by atoms with Crippen LogP contribution in [-0.4, -0.2) is 22.3 Å². The molecule has 0 saturated heterocycles. The smallest absolute Gasteiger partial charge is 0.272 e. The van der Waals surface area contributed by atoms with E-state index in [1.54, 1.807) is 27.7 Å². The van der Waals surface area contributed by atoms with Crippen molar-refractivity contribution in [2.24, 2.45) is 0 Å². The molecule has 2 atom stereocenters. The van der Waals surface area contributed by atoms with E-state index >= 15 is 0 Å². The number of halogens is 4. The molecule has 0 spiro atoms. The number of hydrogen-bond acceptors (Lipinski definition) is 3. The Morgan fingerprint density at radius 2 is 1.73 bits per heavy atom. The Labute approximate surface area is 130 Å². The summed E-state index contributed by atoms with van der Waals surface area (Å²) in [5.41, 5.74) is 0.206. The van der Waals surface area contributed by atoms with E-state index in [0.29, 0.717) is 0 Å². The molecule has 0 heterocycles. The van der Waals surface area contributed by atoms with E-state index < -0.39 is 52.6 Å². The minimum absolute atomic E-state index is 0.206. The summed E-state index contributed by atoms with van der Waals surface area (Å²) >= 11 is -1.42. The van der Waals surface area contributed by atoms with Gasteiger partial charge in [-0.25, -0.2) is 17.6 Å². The molecule has 3 nitrogen and oxygen atoms in total. The summed E-state index contributed by atoms with van der Waals surface area (Å²) in [5.74, 6) is -3.00. The van der Waals surface area contributed by atoms with Gasteiger partial charge in [-0.2, -0.15) is 0 Å². The molecule has 0 aliphatic heterocycles. The lowest BCUT2D eigenvalue weighted by molar-refractivity contribution is 0.0777. The Kier molecular flexibility index (Phi) is 6.51. The SMILES string of the molecule is CC(N[S+]([O-])C(C)(C)C)c1cc(F)c(OCC(F)F)c(F)c1. The van der Waals surface area contributed by atoms with Crippen LogP contribution in [0.5, 0.6) is 5.75 Å². The van der Waals surface area contributed by atoms with E-state index in [-0.39, 0.29) is 5.56 Å². The summed E-state index contributed by atoms with van der Waals surface area (Å²) in [6, 6.07) is 1.36. The van der Waals surface area contributed by atoms with Gasteiger partial charge in [0.2, 0.25) is 0 Å². The topological polar surface area (TPSA) is 44.3 Å². The van der Waals surface area contributed by atoms with Crippen molar-refractivity contribution >= 4 is 11.4 Å². The van der Waals surface area contributed by atoms with Crippen LogP contribution in [-0.2, 0) is 11.4 Å². The molecule has 8 heteroatoms. The monoisotopic (exact) mass is 341 g/mol. The van der Waals surface area contributed by atoms with Gasteiger partial charge in [0.05, 0.1) is 6.04 Å². The predicted molar refractivity (Wildman–Crippen MR) is 77.3 cm³/mol. The fraction of sp³-hybridized carbons (Fsp3) is 0.571. The lowest BCUT2D eigenvalue weighted by Gasteiger charge is -2.26. The molecule has 0 aliphatic rings. The lowest BCUT2D eigenvalue weighted by atomic mass is 10.1. The molecule has 0 saturated carbocycles. The zero-order valence-electron chi connectivity index (χ0n) is 12.8. The van der Waals surface area contributed by atoms with Crippen molar-refractivity contribution in [1.29, 1.82) is 0 Å². The Balaban J connectivity index is 2.89. The van der Waals surface area contributed by atoms with Crippen molar-refractivity contribution in [2.75, 3.05) is 6.61 Å². The van der Waals surface area contributed by atoms with E-state index in [0.717, 1.165) is 12.1 Å². The van der Waals surface area contributed by atoms with Crippen LogP contribution in [0.2, 0.25) is 0 Å². The van der Waals surface area contributed by atoms with Crippen LogP contribution in [0.4, 0.5) is 17.6 Å². The van der Waals surface area contributed by atoms with E-state index in [1.165, 1.54) is 0 Å². The van der Waals surface area contributed by atoms with Crippen LogP contribution in [0.15, 0.2) is 12.1 Å².